The Kier molecular flexibility index (Phi) is 6.44. The normalized spacial score (nSPS) is 11.2. The van der Waals surface area contributed by atoms with Gasteiger partial charge >= 0.3 is 12.1 Å². The number of primary amides is 1. The second kappa shape index (κ2) is 8.07. The van der Waals surface area contributed by atoms with Crippen LogP contribution in [0.4, 0.5) is 15.3 Å². The Bertz CT molecular complexity index is 531. The van der Waals surface area contributed by atoms with Crippen LogP contribution in [0, 0.1) is 0 Å². The van der Waals surface area contributed by atoms with E-state index in [9.17, 15) is 9.59 Å². The summed E-state index contributed by atoms with van der Waals surface area (Å²) in [4.78, 5) is 22.1. The average Bonchev–Trinajstić information content (AvgIpc) is 2.37. The predicted molar refractivity (Wildman–Crippen MR) is 87.5 cm³/mol. The van der Waals surface area contributed by atoms with E-state index in [0.29, 0.717) is 18.7 Å². The fraction of sp³-hybridized carbons (Fsp3) is 0.375. The van der Waals surface area contributed by atoms with Gasteiger partial charge in [-0.05, 0) is 44.9 Å². The third-order valence-corrected chi connectivity index (χ3v) is 2.47. The zero-order chi connectivity index (χ0) is 16.6. The maximum Gasteiger partial charge on any atom is 0.407 e. The van der Waals surface area contributed by atoms with Gasteiger partial charge in [-0.15, -0.1) is 0 Å². The standard InChI is InChI=1S/C16H23N3O3/c1-16(2,3)22-15(21)18-11-5-4-6-12-7-9-13(10-8-12)19-14(17)20/h4,6-10H,5,11H2,1-3H3,(H,18,21)(H3,17,19,20). The van der Waals surface area contributed by atoms with Crippen LogP contribution in [-0.2, 0) is 4.74 Å². The lowest BCUT2D eigenvalue weighted by Gasteiger charge is -2.19. The Morgan fingerprint density at radius 2 is 1.86 bits per heavy atom. The van der Waals surface area contributed by atoms with Crippen molar-refractivity contribution < 1.29 is 14.3 Å². The number of urea groups is 1. The lowest BCUT2D eigenvalue weighted by atomic mass is 10.2. The summed E-state index contributed by atoms with van der Waals surface area (Å²) in [6, 6.07) is 6.68. The zero-order valence-electron chi connectivity index (χ0n) is 13.2. The smallest absolute Gasteiger partial charge is 0.407 e. The largest absolute Gasteiger partial charge is 0.444 e. The molecule has 1 aromatic rings. The number of carbonyl (C=O) groups excluding carboxylic acids is 2. The molecule has 0 aromatic heterocycles. The highest BCUT2D eigenvalue weighted by molar-refractivity contribution is 5.87. The van der Waals surface area contributed by atoms with E-state index in [1.165, 1.54) is 0 Å². The number of alkyl carbamates (subject to hydrolysis) is 1. The molecule has 4 N–H and O–H groups in total. The van der Waals surface area contributed by atoms with E-state index < -0.39 is 17.7 Å². The highest BCUT2D eigenvalue weighted by Gasteiger charge is 2.15. The lowest BCUT2D eigenvalue weighted by Crippen LogP contribution is -2.32. The lowest BCUT2D eigenvalue weighted by molar-refractivity contribution is 0.0529. The van der Waals surface area contributed by atoms with Gasteiger partial charge in [0.25, 0.3) is 0 Å². The number of carbonyl (C=O) groups is 2. The van der Waals surface area contributed by atoms with Crippen molar-refractivity contribution in [3.05, 3.63) is 35.9 Å². The van der Waals surface area contributed by atoms with E-state index in [1.807, 2.05) is 45.1 Å². The number of benzene rings is 1. The van der Waals surface area contributed by atoms with Crippen LogP contribution in [0.1, 0.15) is 32.8 Å². The fourth-order valence-electron chi connectivity index (χ4n) is 1.61. The number of hydrogen-bond acceptors (Lipinski definition) is 3. The summed E-state index contributed by atoms with van der Waals surface area (Å²) in [5, 5.41) is 5.18. The molecule has 6 nitrogen and oxygen atoms in total. The molecule has 0 aliphatic heterocycles. The summed E-state index contributed by atoms with van der Waals surface area (Å²) in [5.74, 6) is 0. The molecule has 0 unspecified atom stereocenters. The number of nitrogens with two attached hydrogens (primary N) is 1. The number of hydrogen-bond donors (Lipinski definition) is 3. The highest BCUT2D eigenvalue weighted by atomic mass is 16.6. The summed E-state index contributed by atoms with van der Waals surface area (Å²) >= 11 is 0. The first-order chi connectivity index (χ1) is 10.3. The number of amides is 3. The van der Waals surface area contributed by atoms with Gasteiger partial charge < -0.3 is 21.1 Å². The molecule has 6 heteroatoms. The van der Waals surface area contributed by atoms with Crippen LogP contribution in [0.3, 0.4) is 0 Å². The van der Waals surface area contributed by atoms with Crippen LogP contribution in [0.15, 0.2) is 30.3 Å². The molecular formula is C16H23N3O3. The number of anilines is 1. The minimum atomic E-state index is -0.587. The van der Waals surface area contributed by atoms with Crippen molar-refractivity contribution in [2.24, 2.45) is 5.73 Å². The molecule has 0 saturated heterocycles. The van der Waals surface area contributed by atoms with E-state index in [4.69, 9.17) is 10.5 Å². The van der Waals surface area contributed by atoms with Crippen molar-refractivity contribution in [1.82, 2.24) is 5.32 Å². The predicted octanol–water partition coefficient (Wildman–Crippen LogP) is 3.11. The third kappa shape index (κ3) is 7.94. The van der Waals surface area contributed by atoms with Crippen molar-refractivity contribution in [2.45, 2.75) is 32.8 Å². The molecule has 0 bridgehead atoms. The van der Waals surface area contributed by atoms with E-state index in [-0.39, 0.29) is 0 Å². The van der Waals surface area contributed by atoms with Crippen LogP contribution < -0.4 is 16.4 Å². The Morgan fingerprint density at radius 1 is 1.23 bits per heavy atom. The van der Waals surface area contributed by atoms with Crippen LogP contribution >= 0.6 is 0 Å². The molecule has 0 heterocycles. The van der Waals surface area contributed by atoms with Gasteiger partial charge in [0.05, 0.1) is 0 Å². The van der Waals surface area contributed by atoms with E-state index in [2.05, 4.69) is 10.6 Å². The minimum Gasteiger partial charge on any atom is -0.444 e. The van der Waals surface area contributed by atoms with Gasteiger partial charge in [0.15, 0.2) is 0 Å². The summed E-state index contributed by atoms with van der Waals surface area (Å²) < 4.78 is 5.13. The van der Waals surface area contributed by atoms with Crippen molar-refractivity contribution in [3.8, 4) is 0 Å². The average molecular weight is 305 g/mol. The van der Waals surface area contributed by atoms with Gasteiger partial charge in [-0.2, -0.15) is 0 Å². The maximum atomic E-state index is 11.4. The molecule has 3 amide bonds. The van der Waals surface area contributed by atoms with Crippen LogP contribution in [0.25, 0.3) is 6.08 Å². The molecule has 120 valence electrons. The molecule has 0 aliphatic rings. The van der Waals surface area contributed by atoms with E-state index in [1.54, 1.807) is 12.1 Å². The molecule has 1 aromatic carbocycles. The molecule has 0 aliphatic carbocycles. The second-order valence-corrected chi connectivity index (χ2v) is 5.73. The molecule has 0 atom stereocenters. The van der Waals surface area contributed by atoms with E-state index >= 15 is 0 Å². The molecule has 22 heavy (non-hydrogen) atoms. The quantitative estimate of drug-likeness (QED) is 0.730. The second-order valence-electron chi connectivity index (χ2n) is 5.73. The molecular weight excluding hydrogens is 282 g/mol. The van der Waals surface area contributed by atoms with Gasteiger partial charge in [-0.3, -0.25) is 0 Å². The Balaban J connectivity index is 2.31. The molecule has 0 fully saturated rings. The van der Waals surface area contributed by atoms with Crippen molar-refractivity contribution in [3.63, 3.8) is 0 Å². The van der Waals surface area contributed by atoms with Crippen molar-refractivity contribution in [2.75, 3.05) is 11.9 Å². The third-order valence-electron chi connectivity index (χ3n) is 2.47. The highest BCUT2D eigenvalue weighted by Crippen LogP contribution is 2.10. The Morgan fingerprint density at radius 3 is 2.41 bits per heavy atom. The number of nitrogens with one attached hydrogen (secondary N) is 2. The van der Waals surface area contributed by atoms with E-state index in [0.717, 1.165) is 5.56 Å². The first-order valence-corrected chi connectivity index (χ1v) is 7.06. The summed E-state index contributed by atoms with van der Waals surface area (Å²) in [5.41, 5.74) is 6.19. The number of ether oxygens (including phenoxy) is 1. The fourth-order valence-corrected chi connectivity index (χ4v) is 1.61. The van der Waals surface area contributed by atoms with Crippen LogP contribution in [0.2, 0.25) is 0 Å². The van der Waals surface area contributed by atoms with Crippen molar-refractivity contribution in [1.29, 1.82) is 0 Å². The van der Waals surface area contributed by atoms with Gasteiger partial charge in [0.1, 0.15) is 5.60 Å². The summed E-state index contributed by atoms with van der Waals surface area (Å²) in [7, 11) is 0. The molecule has 0 radical (unpaired) electrons. The van der Waals surface area contributed by atoms with Gasteiger partial charge in [0.2, 0.25) is 0 Å². The van der Waals surface area contributed by atoms with Crippen LogP contribution in [-0.4, -0.2) is 24.3 Å². The van der Waals surface area contributed by atoms with Crippen LogP contribution in [0.5, 0.6) is 0 Å². The van der Waals surface area contributed by atoms with Gasteiger partial charge in [-0.25, -0.2) is 9.59 Å². The molecule has 0 spiro atoms. The maximum absolute atomic E-state index is 11.4. The van der Waals surface area contributed by atoms with Gasteiger partial charge in [-0.1, -0.05) is 24.3 Å². The summed E-state index contributed by atoms with van der Waals surface area (Å²) in [6.07, 6.45) is 4.17. The first kappa shape index (κ1) is 17.6. The molecule has 1 rings (SSSR count). The van der Waals surface area contributed by atoms with Gasteiger partial charge in [0, 0.05) is 12.2 Å². The first-order valence-electron chi connectivity index (χ1n) is 7.06. The Labute approximate surface area is 130 Å². The molecule has 0 saturated carbocycles. The Hall–Kier alpha value is -2.50. The summed E-state index contributed by atoms with van der Waals surface area (Å²) in [6.45, 7) is 5.97. The zero-order valence-corrected chi connectivity index (χ0v) is 13.2. The monoisotopic (exact) mass is 305 g/mol. The minimum absolute atomic E-state index is 0.414. The number of rotatable bonds is 5. The topological polar surface area (TPSA) is 93.4 Å². The SMILES string of the molecule is CC(C)(C)OC(=O)NCCC=Cc1ccc(NC(N)=O)cc1. The van der Waals surface area contributed by atoms with Crippen molar-refractivity contribution >= 4 is 23.9 Å².